The van der Waals surface area contributed by atoms with Crippen molar-refractivity contribution in [2.24, 2.45) is 5.92 Å². The molecule has 3 nitrogen and oxygen atoms in total. The highest BCUT2D eigenvalue weighted by atomic mass is 35.5. The molecule has 3 rings (SSSR count). The summed E-state index contributed by atoms with van der Waals surface area (Å²) in [7, 11) is 1.91. The monoisotopic (exact) mass is 324 g/mol. The van der Waals surface area contributed by atoms with Crippen LogP contribution in [0.15, 0.2) is 18.2 Å². The molecular formula is C17H22ClFN2O. The molecule has 0 radical (unpaired) electrons. The standard InChI is InChI=1S/C17H22ClFN2O/c1-20(17(22)12-7-8-12)13-4-3-9-21(10-13)11-14-15(18)5-2-6-16(14)19/h2,5-6,12-13H,3-4,7-11H2,1H3. The number of amides is 1. The van der Waals surface area contributed by atoms with Gasteiger partial charge in [-0.2, -0.15) is 0 Å². The van der Waals surface area contributed by atoms with Gasteiger partial charge < -0.3 is 4.90 Å². The minimum atomic E-state index is -0.253. The van der Waals surface area contributed by atoms with Crippen molar-refractivity contribution in [2.45, 2.75) is 38.3 Å². The number of hydrogen-bond acceptors (Lipinski definition) is 2. The van der Waals surface area contributed by atoms with Gasteiger partial charge in [-0.1, -0.05) is 17.7 Å². The van der Waals surface area contributed by atoms with E-state index in [4.69, 9.17) is 11.6 Å². The van der Waals surface area contributed by atoms with Crippen LogP contribution in [0.25, 0.3) is 0 Å². The van der Waals surface area contributed by atoms with Crippen LogP contribution in [0.5, 0.6) is 0 Å². The molecule has 1 aliphatic carbocycles. The number of nitrogens with zero attached hydrogens (tertiary/aromatic N) is 2. The van der Waals surface area contributed by atoms with Crippen LogP contribution >= 0.6 is 11.6 Å². The van der Waals surface area contributed by atoms with E-state index in [-0.39, 0.29) is 23.7 Å². The van der Waals surface area contributed by atoms with Crippen molar-refractivity contribution < 1.29 is 9.18 Å². The Kier molecular flexibility index (Phi) is 4.69. The van der Waals surface area contributed by atoms with Crippen LogP contribution in [-0.4, -0.2) is 41.9 Å². The minimum Gasteiger partial charge on any atom is -0.341 e. The van der Waals surface area contributed by atoms with Gasteiger partial charge in [0.05, 0.1) is 0 Å². The Balaban J connectivity index is 1.64. The van der Waals surface area contributed by atoms with Crippen molar-refractivity contribution in [3.8, 4) is 0 Å². The smallest absolute Gasteiger partial charge is 0.225 e. The van der Waals surface area contributed by atoms with Crippen LogP contribution < -0.4 is 0 Å². The number of carbonyl (C=O) groups is 1. The molecule has 1 saturated heterocycles. The first kappa shape index (κ1) is 15.8. The van der Waals surface area contributed by atoms with E-state index in [1.165, 1.54) is 6.07 Å². The second-order valence-corrected chi connectivity index (χ2v) is 6.86. The summed E-state index contributed by atoms with van der Waals surface area (Å²) in [4.78, 5) is 16.3. The van der Waals surface area contributed by atoms with Crippen LogP contribution in [0.3, 0.4) is 0 Å². The van der Waals surface area contributed by atoms with Crippen LogP contribution in [0, 0.1) is 11.7 Å². The lowest BCUT2D eigenvalue weighted by Crippen LogP contribution is -2.48. The summed E-state index contributed by atoms with van der Waals surface area (Å²) in [5.74, 6) is 0.272. The molecule has 0 aromatic heterocycles. The molecule has 120 valence electrons. The maximum Gasteiger partial charge on any atom is 0.225 e. The third-order valence-electron chi connectivity index (χ3n) is 4.75. The normalized spacial score (nSPS) is 22.6. The van der Waals surface area contributed by atoms with Gasteiger partial charge in [0.2, 0.25) is 5.91 Å². The van der Waals surface area contributed by atoms with Gasteiger partial charge in [0, 0.05) is 42.7 Å². The van der Waals surface area contributed by atoms with E-state index in [9.17, 15) is 9.18 Å². The zero-order valence-electron chi connectivity index (χ0n) is 12.9. The Labute approximate surface area is 136 Å². The molecule has 0 N–H and O–H groups in total. The largest absolute Gasteiger partial charge is 0.341 e. The van der Waals surface area contributed by atoms with E-state index >= 15 is 0 Å². The molecule has 22 heavy (non-hydrogen) atoms. The number of likely N-dealkylation sites (tertiary alicyclic amines) is 1. The van der Waals surface area contributed by atoms with Crippen LogP contribution in [0.1, 0.15) is 31.2 Å². The highest BCUT2D eigenvalue weighted by molar-refractivity contribution is 6.31. The Hall–Kier alpha value is -1.13. The fraction of sp³-hybridized carbons (Fsp3) is 0.588. The van der Waals surface area contributed by atoms with Gasteiger partial charge in [-0.3, -0.25) is 9.69 Å². The van der Waals surface area contributed by atoms with E-state index in [1.807, 2.05) is 11.9 Å². The van der Waals surface area contributed by atoms with Crippen LogP contribution in [0.4, 0.5) is 4.39 Å². The maximum atomic E-state index is 13.9. The summed E-state index contributed by atoms with van der Waals surface area (Å²) in [6.45, 7) is 2.22. The molecule has 1 atom stereocenters. The number of rotatable bonds is 4. The lowest BCUT2D eigenvalue weighted by molar-refractivity contribution is -0.134. The first-order valence-electron chi connectivity index (χ1n) is 7.98. The zero-order chi connectivity index (χ0) is 15.7. The third kappa shape index (κ3) is 3.44. The molecule has 1 heterocycles. The van der Waals surface area contributed by atoms with Crippen molar-refractivity contribution >= 4 is 17.5 Å². The Morgan fingerprint density at radius 3 is 2.86 bits per heavy atom. The lowest BCUT2D eigenvalue weighted by atomic mass is 10.0. The Morgan fingerprint density at radius 2 is 2.18 bits per heavy atom. The summed E-state index contributed by atoms with van der Waals surface area (Å²) >= 11 is 6.12. The first-order chi connectivity index (χ1) is 10.6. The summed E-state index contributed by atoms with van der Waals surface area (Å²) in [5, 5.41) is 0.476. The van der Waals surface area contributed by atoms with E-state index < -0.39 is 0 Å². The van der Waals surface area contributed by atoms with E-state index in [1.54, 1.807) is 12.1 Å². The summed E-state index contributed by atoms with van der Waals surface area (Å²) in [6.07, 6.45) is 4.12. The Morgan fingerprint density at radius 1 is 1.41 bits per heavy atom. The summed E-state index contributed by atoms with van der Waals surface area (Å²) in [6, 6.07) is 5.03. The molecule has 1 aromatic rings. The van der Waals surface area contributed by atoms with Crippen molar-refractivity contribution in [1.29, 1.82) is 0 Å². The molecular weight excluding hydrogens is 303 g/mol. The zero-order valence-corrected chi connectivity index (χ0v) is 13.7. The summed E-state index contributed by atoms with van der Waals surface area (Å²) < 4.78 is 13.9. The highest BCUT2D eigenvalue weighted by Crippen LogP contribution is 2.32. The van der Waals surface area contributed by atoms with Gasteiger partial charge in [0.25, 0.3) is 0 Å². The number of carbonyl (C=O) groups excluding carboxylic acids is 1. The van der Waals surface area contributed by atoms with Crippen LogP contribution in [-0.2, 0) is 11.3 Å². The molecule has 1 amide bonds. The van der Waals surface area contributed by atoms with Gasteiger partial charge >= 0.3 is 0 Å². The molecule has 2 aliphatic rings. The Bertz CT molecular complexity index is 541. The van der Waals surface area contributed by atoms with Gasteiger partial charge in [0.15, 0.2) is 0 Å². The van der Waals surface area contributed by atoms with Crippen molar-refractivity contribution in [2.75, 3.05) is 20.1 Å². The molecule has 2 fully saturated rings. The first-order valence-corrected chi connectivity index (χ1v) is 8.36. The van der Waals surface area contributed by atoms with Gasteiger partial charge in [-0.05, 0) is 44.4 Å². The SMILES string of the molecule is CN(C(=O)C1CC1)C1CCCN(Cc2c(F)cccc2Cl)C1. The minimum absolute atomic E-state index is 0.229. The molecule has 0 spiro atoms. The lowest BCUT2D eigenvalue weighted by Gasteiger charge is -2.38. The predicted molar refractivity (Wildman–Crippen MR) is 85.2 cm³/mol. The summed E-state index contributed by atoms with van der Waals surface area (Å²) in [5.41, 5.74) is 0.556. The predicted octanol–water partition coefficient (Wildman–Crippen LogP) is 3.31. The molecule has 1 aliphatic heterocycles. The van der Waals surface area contributed by atoms with Crippen molar-refractivity contribution in [3.63, 3.8) is 0 Å². The topological polar surface area (TPSA) is 23.6 Å². The quantitative estimate of drug-likeness (QED) is 0.848. The van der Waals surface area contributed by atoms with Crippen LogP contribution in [0.2, 0.25) is 5.02 Å². The second-order valence-electron chi connectivity index (χ2n) is 6.45. The highest BCUT2D eigenvalue weighted by Gasteiger charge is 2.35. The number of hydrogen-bond donors (Lipinski definition) is 0. The van der Waals surface area contributed by atoms with Gasteiger partial charge in [-0.25, -0.2) is 4.39 Å². The van der Waals surface area contributed by atoms with Crippen molar-refractivity contribution in [1.82, 2.24) is 9.80 Å². The number of piperidine rings is 1. The average molecular weight is 325 g/mol. The van der Waals surface area contributed by atoms with Gasteiger partial charge in [0.1, 0.15) is 5.82 Å². The molecule has 1 saturated carbocycles. The van der Waals surface area contributed by atoms with E-state index in [0.29, 0.717) is 17.1 Å². The average Bonchev–Trinajstić information content (AvgIpc) is 3.35. The molecule has 5 heteroatoms. The van der Waals surface area contributed by atoms with E-state index in [2.05, 4.69) is 4.90 Å². The fourth-order valence-electron chi connectivity index (χ4n) is 3.20. The molecule has 0 bridgehead atoms. The maximum absolute atomic E-state index is 13.9. The van der Waals surface area contributed by atoms with Crippen molar-refractivity contribution in [3.05, 3.63) is 34.6 Å². The molecule has 1 unspecified atom stereocenters. The molecule has 1 aromatic carbocycles. The van der Waals surface area contributed by atoms with E-state index in [0.717, 1.165) is 38.8 Å². The number of likely N-dealkylation sites (N-methyl/N-ethyl adjacent to an activating group) is 1. The number of halogens is 2. The third-order valence-corrected chi connectivity index (χ3v) is 5.10. The number of benzene rings is 1. The van der Waals surface area contributed by atoms with Gasteiger partial charge in [-0.15, -0.1) is 0 Å². The fourth-order valence-corrected chi connectivity index (χ4v) is 3.42. The second kappa shape index (κ2) is 6.55.